The number of ether oxygens (including phenoxy) is 1. The lowest BCUT2D eigenvalue weighted by Gasteiger charge is -2.08. The van der Waals surface area contributed by atoms with Crippen LogP contribution in [-0.2, 0) is 9.53 Å². The van der Waals surface area contributed by atoms with Gasteiger partial charge in [-0.3, -0.25) is 4.79 Å². The van der Waals surface area contributed by atoms with Crippen LogP contribution >= 0.6 is 0 Å². The predicted molar refractivity (Wildman–Crippen MR) is 82.1 cm³/mol. The second-order valence-electron chi connectivity index (χ2n) is 5.34. The fourth-order valence-corrected chi connectivity index (χ4v) is 1.90. The lowest BCUT2D eigenvalue weighted by molar-refractivity contribution is -0.124. The van der Waals surface area contributed by atoms with E-state index in [-0.39, 0.29) is 12.5 Å². The van der Waals surface area contributed by atoms with Gasteiger partial charge in [0.05, 0.1) is 5.56 Å². The van der Waals surface area contributed by atoms with Crippen molar-refractivity contribution in [3.63, 3.8) is 0 Å². The molecule has 0 unspecified atom stereocenters. The second kappa shape index (κ2) is 6.88. The van der Waals surface area contributed by atoms with Crippen molar-refractivity contribution >= 4 is 22.6 Å². The van der Waals surface area contributed by atoms with Crippen molar-refractivity contribution in [2.45, 2.75) is 13.8 Å². The number of carbonyl (C=O) groups is 2. The molecule has 0 saturated heterocycles. The summed E-state index contributed by atoms with van der Waals surface area (Å²) in [5.41, 5.74) is 0.449. The van der Waals surface area contributed by atoms with Gasteiger partial charge < -0.3 is 10.1 Å². The highest BCUT2D eigenvalue weighted by Gasteiger charge is 2.10. The van der Waals surface area contributed by atoms with Gasteiger partial charge in [0, 0.05) is 6.54 Å². The molecule has 0 atom stereocenters. The van der Waals surface area contributed by atoms with E-state index in [4.69, 9.17) is 4.74 Å². The summed E-state index contributed by atoms with van der Waals surface area (Å²) in [6, 6.07) is 13.1. The van der Waals surface area contributed by atoms with Crippen LogP contribution in [0, 0.1) is 5.92 Å². The van der Waals surface area contributed by atoms with E-state index < -0.39 is 5.97 Å². The van der Waals surface area contributed by atoms with Crippen molar-refractivity contribution in [3.8, 4) is 0 Å². The molecule has 1 N–H and O–H groups in total. The minimum Gasteiger partial charge on any atom is -0.452 e. The average molecular weight is 285 g/mol. The van der Waals surface area contributed by atoms with Gasteiger partial charge in [0.1, 0.15) is 0 Å². The first-order valence-electron chi connectivity index (χ1n) is 6.99. The third kappa shape index (κ3) is 4.31. The molecular formula is C17H19NO3. The highest BCUT2D eigenvalue weighted by Crippen LogP contribution is 2.16. The van der Waals surface area contributed by atoms with E-state index in [0.717, 1.165) is 10.8 Å². The Morgan fingerprint density at radius 2 is 1.81 bits per heavy atom. The lowest BCUT2D eigenvalue weighted by Crippen LogP contribution is -2.31. The van der Waals surface area contributed by atoms with Crippen LogP contribution in [0.4, 0.5) is 0 Å². The summed E-state index contributed by atoms with van der Waals surface area (Å²) in [6.45, 7) is 4.33. The van der Waals surface area contributed by atoms with Crippen LogP contribution in [0.3, 0.4) is 0 Å². The van der Waals surface area contributed by atoms with Gasteiger partial charge in [0.15, 0.2) is 6.61 Å². The maximum Gasteiger partial charge on any atom is 0.338 e. The molecule has 4 heteroatoms. The Hall–Kier alpha value is -2.36. The minimum absolute atomic E-state index is 0.252. The summed E-state index contributed by atoms with van der Waals surface area (Å²) < 4.78 is 5.02. The van der Waals surface area contributed by atoms with Gasteiger partial charge >= 0.3 is 5.97 Å². The van der Waals surface area contributed by atoms with Gasteiger partial charge in [-0.05, 0) is 28.8 Å². The Bertz CT molecular complexity index is 649. The number of hydrogen-bond acceptors (Lipinski definition) is 3. The van der Waals surface area contributed by atoms with Gasteiger partial charge in [-0.15, -0.1) is 0 Å². The highest BCUT2D eigenvalue weighted by atomic mass is 16.5. The summed E-state index contributed by atoms with van der Waals surface area (Å²) in [7, 11) is 0. The van der Waals surface area contributed by atoms with Gasteiger partial charge in [-0.1, -0.05) is 44.2 Å². The molecule has 0 heterocycles. The molecular weight excluding hydrogens is 266 g/mol. The van der Waals surface area contributed by atoms with E-state index in [0.29, 0.717) is 18.0 Å². The summed E-state index contributed by atoms with van der Waals surface area (Å²) in [5, 5.41) is 4.73. The van der Waals surface area contributed by atoms with Crippen LogP contribution < -0.4 is 5.32 Å². The molecule has 0 aliphatic heterocycles. The molecule has 0 spiro atoms. The van der Waals surface area contributed by atoms with Crippen LogP contribution in [0.15, 0.2) is 42.5 Å². The van der Waals surface area contributed by atoms with Crippen molar-refractivity contribution in [1.29, 1.82) is 0 Å². The van der Waals surface area contributed by atoms with Gasteiger partial charge in [0.2, 0.25) is 0 Å². The summed E-state index contributed by atoms with van der Waals surface area (Å²) in [4.78, 5) is 23.4. The van der Waals surface area contributed by atoms with Crippen molar-refractivity contribution in [2.24, 2.45) is 5.92 Å². The van der Waals surface area contributed by atoms with Gasteiger partial charge in [-0.25, -0.2) is 4.79 Å². The van der Waals surface area contributed by atoms with Crippen molar-refractivity contribution in [1.82, 2.24) is 5.32 Å². The molecule has 110 valence electrons. The highest BCUT2D eigenvalue weighted by molar-refractivity contribution is 5.96. The summed E-state index contributed by atoms with van der Waals surface area (Å²) in [6.07, 6.45) is 0. The van der Waals surface area contributed by atoms with Crippen LogP contribution in [0.25, 0.3) is 10.8 Å². The molecule has 0 aromatic heterocycles. The number of benzene rings is 2. The van der Waals surface area contributed by atoms with Gasteiger partial charge in [0.25, 0.3) is 5.91 Å². The standard InChI is InChI=1S/C17H19NO3/c1-12(2)10-18-16(19)11-21-17(20)15-8-7-13-5-3-4-6-14(13)9-15/h3-9,12H,10-11H2,1-2H3,(H,18,19). The molecule has 0 saturated carbocycles. The first-order chi connectivity index (χ1) is 10.1. The zero-order valence-corrected chi connectivity index (χ0v) is 12.3. The minimum atomic E-state index is -0.486. The van der Waals surface area contributed by atoms with E-state index in [1.165, 1.54) is 0 Å². The zero-order valence-electron chi connectivity index (χ0n) is 12.3. The molecule has 21 heavy (non-hydrogen) atoms. The molecule has 0 bridgehead atoms. The molecule has 0 radical (unpaired) electrons. The van der Waals surface area contributed by atoms with E-state index in [1.54, 1.807) is 12.1 Å². The Balaban J connectivity index is 1.94. The topological polar surface area (TPSA) is 55.4 Å². The maximum absolute atomic E-state index is 11.9. The predicted octanol–water partition coefficient (Wildman–Crippen LogP) is 2.77. The normalized spacial score (nSPS) is 10.6. The van der Waals surface area contributed by atoms with Crippen LogP contribution in [0.5, 0.6) is 0 Å². The Morgan fingerprint density at radius 1 is 1.10 bits per heavy atom. The zero-order chi connectivity index (χ0) is 15.2. The molecule has 0 aliphatic carbocycles. The monoisotopic (exact) mass is 285 g/mol. The number of carbonyl (C=O) groups excluding carboxylic acids is 2. The molecule has 2 aromatic carbocycles. The molecule has 2 aromatic rings. The van der Waals surface area contributed by atoms with Crippen molar-refractivity contribution in [3.05, 3.63) is 48.0 Å². The van der Waals surface area contributed by atoms with E-state index >= 15 is 0 Å². The largest absolute Gasteiger partial charge is 0.452 e. The first kappa shape index (κ1) is 15.0. The van der Waals surface area contributed by atoms with Crippen LogP contribution in [0.2, 0.25) is 0 Å². The van der Waals surface area contributed by atoms with Crippen molar-refractivity contribution < 1.29 is 14.3 Å². The number of amides is 1. The lowest BCUT2D eigenvalue weighted by atomic mass is 10.1. The Kier molecular flexibility index (Phi) is 4.93. The molecule has 0 fully saturated rings. The smallest absolute Gasteiger partial charge is 0.338 e. The first-order valence-corrected chi connectivity index (χ1v) is 6.99. The fraction of sp³-hybridized carbons (Fsp3) is 0.294. The number of esters is 1. The van der Waals surface area contributed by atoms with Crippen molar-refractivity contribution in [2.75, 3.05) is 13.2 Å². The van der Waals surface area contributed by atoms with Crippen LogP contribution in [-0.4, -0.2) is 25.0 Å². The Labute approximate surface area is 124 Å². The summed E-state index contributed by atoms with van der Waals surface area (Å²) in [5.74, 6) is -0.400. The molecule has 2 rings (SSSR count). The summed E-state index contributed by atoms with van der Waals surface area (Å²) >= 11 is 0. The maximum atomic E-state index is 11.9. The molecule has 1 amide bonds. The SMILES string of the molecule is CC(C)CNC(=O)COC(=O)c1ccc2ccccc2c1. The number of fused-ring (bicyclic) bond motifs is 1. The third-order valence-electron chi connectivity index (χ3n) is 3.03. The number of rotatable bonds is 5. The van der Waals surface area contributed by atoms with Crippen LogP contribution in [0.1, 0.15) is 24.2 Å². The quantitative estimate of drug-likeness (QED) is 0.859. The second-order valence-corrected chi connectivity index (χ2v) is 5.34. The molecule has 0 aliphatic rings. The Morgan fingerprint density at radius 3 is 2.52 bits per heavy atom. The third-order valence-corrected chi connectivity index (χ3v) is 3.03. The average Bonchev–Trinajstić information content (AvgIpc) is 2.50. The number of nitrogens with one attached hydrogen (secondary N) is 1. The van der Waals surface area contributed by atoms with E-state index in [1.807, 2.05) is 44.2 Å². The van der Waals surface area contributed by atoms with Gasteiger partial charge in [-0.2, -0.15) is 0 Å². The van der Waals surface area contributed by atoms with E-state index in [9.17, 15) is 9.59 Å². The fourth-order valence-electron chi connectivity index (χ4n) is 1.90. The van der Waals surface area contributed by atoms with E-state index in [2.05, 4.69) is 5.32 Å². The molecule has 4 nitrogen and oxygen atoms in total. The number of hydrogen-bond donors (Lipinski definition) is 1.